The predicted molar refractivity (Wildman–Crippen MR) is 141 cm³/mol. The van der Waals surface area contributed by atoms with Crippen molar-refractivity contribution in [3.8, 4) is 0 Å². The van der Waals surface area contributed by atoms with E-state index in [9.17, 15) is 14.0 Å². The van der Waals surface area contributed by atoms with Crippen LogP contribution in [0.3, 0.4) is 0 Å². The number of likely N-dealkylation sites (N-methyl/N-ethyl adjacent to an activating group) is 1. The standard InChI is InChI=1S/C28H38FN5O3/c1-16(30-3)27(35)32-25(17(2)37-4)28(36)33-12-11-24-26(33)22(15-34(24)19-7-5-6-8-19)21-14-31-23-13-18(29)9-10-20(21)23/h9-10,13-17,19,24-26,30-31H,5-8,11-12H2,1-4H3,(H,32,35). The molecule has 200 valence electrons. The molecule has 2 amide bonds. The van der Waals surface area contributed by atoms with E-state index >= 15 is 0 Å². The number of hydrogen-bond acceptors (Lipinski definition) is 5. The first-order chi connectivity index (χ1) is 17.8. The second-order valence-electron chi connectivity index (χ2n) is 10.6. The van der Waals surface area contributed by atoms with Gasteiger partial charge >= 0.3 is 0 Å². The van der Waals surface area contributed by atoms with Crippen molar-refractivity contribution in [3.63, 3.8) is 0 Å². The zero-order valence-corrected chi connectivity index (χ0v) is 22.1. The Morgan fingerprint density at radius 2 is 1.95 bits per heavy atom. The topological polar surface area (TPSA) is 89.7 Å². The summed E-state index contributed by atoms with van der Waals surface area (Å²) in [6.45, 7) is 4.18. The maximum absolute atomic E-state index is 14.1. The van der Waals surface area contributed by atoms with Crippen molar-refractivity contribution in [2.24, 2.45) is 0 Å². The zero-order valence-electron chi connectivity index (χ0n) is 22.1. The maximum atomic E-state index is 14.1. The fraction of sp³-hybridized carbons (Fsp3) is 0.571. The zero-order chi connectivity index (χ0) is 26.3. The Labute approximate surface area is 217 Å². The lowest BCUT2D eigenvalue weighted by atomic mass is 9.96. The summed E-state index contributed by atoms with van der Waals surface area (Å²) in [7, 11) is 3.27. The Bertz CT molecular complexity index is 1190. The van der Waals surface area contributed by atoms with Gasteiger partial charge in [0, 0.05) is 54.1 Å². The lowest BCUT2D eigenvalue weighted by Gasteiger charge is -2.34. The molecule has 0 spiro atoms. The first kappa shape index (κ1) is 25.7. The highest BCUT2D eigenvalue weighted by Crippen LogP contribution is 2.44. The molecule has 0 bridgehead atoms. The number of methoxy groups -OCH3 is 1. The van der Waals surface area contributed by atoms with Crippen molar-refractivity contribution in [1.29, 1.82) is 0 Å². The van der Waals surface area contributed by atoms with E-state index in [4.69, 9.17) is 4.74 Å². The molecule has 2 aromatic rings. The van der Waals surface area contributed by atoms with E-state index in [1.54, 1.807) is 27.1 Å². The summed E-state index contributed by atoms with van der Waals surface area (Å²) in [4.78, 5) is 34.5. The van der Waals surface area contributed by atoms with Crippen molar-refractivity contribution >= 4 is 28.3 Å². The number of halogens is 1. The number of nitrogens with one attached hydrogen (secondary N) is 3. The maximum Gasteiger partial charge on any atom is 0.248 e. The number of nitrogens with zero attached hydrogens (tertiary/aromatic N) is 2. The highest BCUT2D eigenvalue weighted by atomic mass is 19.1. The molecule has 3 aliphatic rings. The van der Waals surface area contributed by atoms with Crippen molar-refractivity contribution in [1.82, 2.24) is 25.4 Å². The molecular weight excluding hydrogens is 473 g/mol. The lowest BCUT2D eigenvalue weighted by Crippen LogP contribution is -2.58. The van der Waals surface area contributed by atoms with E-state index in [2.05, 4.69) is 26.7 Å². The number of ether oxygens (including phenoxy) is 1. The first-order valence-electron chi connectivity index (χ1n) is 13.4. The van der Waals surface area contributed by atoms with Gasteiger partial charge in [-0.05, 0) is 58.4 Å². The molecule has 8 nitrogen and oxygen atoms in total. The minimum atomic E-state index is -0.800. The summed E-state index contributed by atoms with van der Waals surface area (Å²) in [6, 6.07) is 4.05. The van der Waals surface area contributed by atoms with Crippen LogP contribution in [0.5, 0.6) is 0 Å². The number of amides is 2. The molecule has 1 aliphatic carbocycles. The normalized spacial score (nSPS) is 24.3. The molecule has 2 aliphatic heterocycles. The minimum absolute atomic E-state index is 0.136. The van der Waals surface area contributed by atoms with E-state index < -0.39 is 18.2 Å². The number of fused-ring (bicyclic) bond motifs is 2. The molecular formula is C28H38FN5O3. The fourth-order valence-electron chi connectivity index (χ4n) is 6.29. The van der Waals surface area contributed by atoms with E-state index in [-0.39, 0.29) is 29.7 Å². The summed E-state index contributed by atoms with van der Waals surface area (Å²) >= 11 is 0. The molecule has 9 heteroatoms. The molecule has 5 atom stereocenters. The second kappa shape index (κ2) is 10.5. The van der Waals surface area contributed by atoms with Crippen molar-refractivity contribution in [3.05, 3.63) is 42.0 Å². The monoisotopic (exact) mass is 511 g/mol. The van der Waals surface area contributed by atoms with Gasteiger partial charge in [-0.3, -0.25) is 9.59 Å². The third kappa shape index (κ3) is 4.63. The SMILES string of the molecule is CNC(C)C(=O)NC(C(=O)N1CCC2C1C(c1c[nH]c3cc(F)ccc13)=CN2C1CCCC1)C(C)OC. The van der Waals surface area contributed by atoms with E-state index in [1.807, 2.05) is 18.0 Å². The Balaban J connectivity index is 1.50. The Morgan fingerprint density at radius 3 is 2.65 bits per heavy atom. The van der Waals surface area contributed by atoms with Gasteiger partial charge in [-0.1, -0.05) is 12.8 Å². The molecule has 1 saturated heterocycles. The van der Waals surface area contributed by atoms with Gasteiger partial charge in [-0.25, -0.2) is 4.39 Å². The smallest absolute Gasteiger partial charge is 0.248 e. The number of carbonyl (C=O) groups excluding carboxylic acids is 2. The summed E-state index contributed by atoms with van der Waals surface area (Å²) in [5, 5.41) is 6.80. The molecule has 1 saturated carbocycles. The minimum Gasteiger partial charge on any atom is -0.379 e. The van der Waals surface area contributed by atoms with Crippen LogP contribution >= 0.6 is 0 Å². The highest BCUT2D eigenvalue weighted by molar-refractivity contribution is 5.97. The molecule has 2 fully saturated rings. The third-order valence-corrected chi connectivity index (χ3v) is 8.57. The van der Waals surface area contributed by atoms with E-state index in [0.29, 0.717) is 12.6 Å². The van der Waals surface area contributed by atoms with Crippen molar-refractivity contribution in [2.45, 2.75) is 82.3 Å². The highest BCUT2D eigenvalue weighted by Gasteiger charge is 2.50. The van der Waals surface area contributed by atoms with Gasteiger partial charge in [0.1, 0.15) is 11.9 Å². The van der Waals surface area contributed by atoms with Crippen LogP contribution < -0.4 is 10.6 Å². The van der Waals surface area contributed by atoms with Crippen LogP contribution in [0.15, 0.2) is 30.6 Å². The van der Waals surface area contributed by atoms with Crippen LogP contribution in [0.2, 0.25) is 0 Å². The number of H-pyrrole nitrogens is 1. The van der Waals surface area contributed by atoms with Gasteiger partial charge in [0.25, 0.3) is 0 Å². The van der Waals surface area contributed by atoms with E-state index in [1.165, 1.54) is 25.0 Å². The summed E-state index contributed by atoms with van der Waals surface area (Å²) in [5.74, 6) is -0.662. The molecule has 5 unspecified atom stereocenters. The van der Waals surface area contributed by atoms with Crippen LogP contribution in [-0.4, -0.2) is 83.6 Å². The lowest BCUT2D eigenvalue weighted by molar-refractivity contribution is -0.140. The van der Waals surface area contributed by atoms with Gasteiger partial charge in [0.15, 0.2) is 0 Å². The van der Waals surface area contributed by atoms with Gasteiger partial charge in [0.05, 0.1) is 24.2 Å². The van der Waals surface area contributed by atoms with Gasteiger partial charge in [0.2, 0.25) is 11.8 Å². The van der Waals surface area contributed by atoms with Gasteiger partial charge in [-0.15, -0.1) is 0 Å². The van der Waals surface area contributed by atoms with Crippen LogP contribution in [0, 0.1) is 5.82 Å². The first-order valence-corrected chi connectivity index (χ1v) is 13.4. The fourth-order valence-corrected chi connectivity index (χ4v) is 6.29. The summed E-state index contributed by atoms with van der Waals surface area (Å²) < 4.78 is 19.5. The number of aromatic amines is 1. The molecule has 5 rings (SSSR count). The summed E-state index contributed by atoms with van der Waals surface area (Å²) in [5.41, 5.74) is 2.80. The van der Waals surface area contributed by atoms with Crippen molar-refractivity contribution < 1.29 is 18.7 Å². The number of hydrogen-bond donors (Lipinski definition) is 3. The average Bonchev–Trinajstić information content (AvgIpc) is 3.69. The average molecular weight is 512 g/mol. The molecule has 37 heavy (non-hydrogen) atoms. The Hall–Kier alpha value is -2.91. The second-order valence-corrected chi connectivity index (χ2v) is 10.6. The van der Waals surface area contributed by atoms with Crippen LogP contribution in [0.25, 0.3) is 16.5 Å². The molecule has 3 N–H and O–H groups in total. The quantitative estimate of drug-likeness (QED) is 0.507. The number of benzene rings is 1. The Morgan fingerprint density at radius 1 is 1.19 bits per heavy atom. The predicted octanol–water partition coefficient (Wildman–Crippen LogP) is 3.00. The molecule has 1 aromatic carbocycles. The number of rotatable bonds is 8. The summed E-state index contributed by atoms with van der Waals surface area (Å²) in [6.07, 6.45) is 9.29. The molecule has 1 aromatic heterocycles. The number of carbonyl (C=O) groups is 2. The largest absolute Gasteiger partial charge is 0.379 e. The van der Waals surface area contributed by atoms with Crippen LogP contribution in [0.1, 0.15) is 51.5 Å². The van der Waals surface area contributed by atoms with Gasteiger partial charge in [-0.2, -0.15) is 0 Å². The van der Waals surface area contributed by atoms with Gasteiger partial charge < -0.3 is 30.2 Å². The van der Waals surface area contributed by atoms with Crippen molar-refractivity contribution in [2.75, 3.05) is 20.7 Å². The number of aromatic nitrogens is 1. The van der Waals surface area contributed by atoms with E-state index in [0.717, 1.165) is 41.3 Å². The van der Waals surface area contributed by atoms with Crippen LogP contribution in [-0.2, 0) is 14.3 Å². The molecule has 0 radical (unpaired) electrons. The third-order valence-electron chi connectivity index (χ3n) is 8.57. The number of likely N-dealkylation sites (tertiary alicyclic amines) is 1. The Kier molecular flexibility index (Phi) is 7.27. The molecule has 3 heterocycles. The van der Waals surface area contributed by atoms with Crippen LogP contribution in [0.4, 0.5) is 4.39 Å².